The van der Waals surface area contributed by atoms with Crippen LogP contribution in [0.5, 0.6) is 0 Å². The minimum absolute atomic E-state index is 0.0300. The summed E-state index contributed by atoms with van der Waals surface area (Å²) in [5.74, 6) is -2.34. The normalized spacial score (nSPS) is 14.2. The zero-order chi connectivity index (χ0) is 27.9. The largest absolute Gasteiger partial charge is 0.463 e. The lowest BCUT2D eigenvalue weighted by Crippen LogP contribution is -2.54. The van der Waals surface area contributed by atoms with Gasteiger partial charge in [0.15, 0.2) is 11.5 Å². The topological polar surface area (TPSA) is 161 Å². The van der Waals surface area contributed by atoms with Crippen LogP contribution in [0.25, 0.3) is 11.2 Å². The number of nitrogens with zero attached hydrogens (tertiary/aromatic N) is 4. The Kier molecular flexibility index (Phi) is 9.97. The van der Waals surface area contributed by atoms with Gasteiger partial charge in [0.05, 0.1) is 32.3 Å². The number of nitrogens with two attached hydrogens (primary N) is 1. The van der Waals surface area contributed by atoms with E-state index in [-0.39, 0.29) is 48.5 Å². The van der Waals surface area contributed by atoms with Crippen LogP contribution in [0.2, 0.25) is 5.28 Å². The van der Waals surface area contributed by atoms with Crippen molar-refractivity contribution in [3.8, 4) is 0 Å². The van der Waals surface area contributed by atoms with Gasteiger partial charge in [0.1, 0.15) is 11.7 Å². The number of aliphatic hydroxyl groups excluding tert-OH is 1. The number of imidazole rings is 1. The molecule has 13 heteroatoms. The second-order valence-corrected chi connectivity index (χ2v) is 8.83. The van der Waals surface area contributed by atoms with Gasteiger partial charge in [0.25, 0.3) is 5.60 Å². The number of hydrogen-bond acceptors (Lipinski definition) is 11. The molecule has 0 aliphatic rings. The fraction of sp³-hybridized carbons (Fsp3) is 0.480. The van der Waals surface area contributed by atoms with E-state index in [1.165, 1.54) is 18.0 Å². The van der Waals surface area contributed by atoms with E-state index >= 15 is 0 Å². The van der Waals surface area contributed by atoms with Gasteiger partial charge in [0.2, 0.25) is 5.28 Å². The Morgan fingerprint density at radius 2 is 1.76 bits per heavy atom. The van der Waals surface area contributed by atoms with Gasteiger partial charge in [-0.05, 0) is 31.0 Å². The van der Waals surface area contributed by atoms with Crippen LogP contribution in [0, 0.1) is 5.92 Å². The summed E-state index contributed by atoms with van der Waals surface area (Å²) in [7, 11) is 1.42. The average molecular weight is 550 g/mol. The lowest BCUT2D eigenvalue weighted by molar-refractivity contribution is -0.197. The Labute approximate surface area is 225 Å². The third-order valence-electron chi connectivity index (χ3n) is 6.07. The molecule has 0 amide bonds. The molecule has 3 rings (SSSR count). The van der Waals surface area contributed by atoms with Crippen LogP contribution < -0.4 is 5.73 Å². The number of esters is 2. The fourth-order valence-electron chi connectivity index (χ4n) is 3.98. The van der Waals surface area contributed by atoms with Gasteiger partial charge in [-0.2, -0.15) is 9.97 Å². The van der Waals surface area contributed by atoms with Crippen LogP contribution in [0.3, 0.4) is 0 Å². The molecule has 38 heavy (non-hydrogen) atoms. The first-order chi connectivity index (χ1) is 18.2. The van der Waals surface area contributed by atoms with Crippen molar-refractivity contribution in [3.05, 3.63) is 47.5 Å². The highest BCUT2D eigenvalue weighted by Gasteiger charge is 2.51. The van der Waals surface area contributed by atoms with Crippen LogP contribution in [-0.2, 0) is 35.0 Å². The van der Waals surface area contributed by atoms with Crippen molar-refractivity contribution in [2.75, 3.05) is 32.7 Å². The summed E-state index contributed by atoms with van der Waals surface area (Å²) in [5, 5.41) is 11.1. The quantitative estimate of drug-likeness (QED) is 0.183. The number of fused-ring (bicyclic) bond motifs is 1. The van der Waals surface area contributed by atoms with Crippen LogP contribution in [-0.4, -0.2) is 75.2 Å². The summed E-state index contributed by atoms with van der Waals surface area (Å²) in [6, 6.07) is 8.91. The minimum Gasteiger partial charge on any atom is -0.463 e. The SMILES string of the molecule is CCOC(=O)C(Cc1ccccc1)(OC[C@@H](OC)[C@@H](C)[C@@H](O)n1cnc2c(N)nc(Cl)nc21)C(=O)OCC. The summed E-state index contributed by atoms with van der Waals surface area (Å²) >= 11 is 5.95. The standard InChI is InChI=1S/C25H32ClN5O7/c1-5-36-22(33)25(23(34)37-6-2,12-16-10-8-7-9-11-16)38-13-17(35-4)15(3)21(32)31-14-28-18-19(27)29-24(26)30-20(18)31/h7-11,14-15,17,21,32H,5-6,12-13H2,1-4H3,(H2,27,29,30)/t15-,17-,21-/m1/s1. The monoisotopic (exact) mass is 549 g/mol. The number of benzene rings is 1. The zero-order valence-electron chi connectivity index (χ0n) is 21.7. The second-order valence-electron chi connectivity index (χ2n) is 8.49. The Hall–Kier alpha value is -3.32. The van der Waals surface area contributed by atoms with Crippen molar-refractivity contribution in [2.45, 2.75) is 45.1 Å². The average Bonchev–Trinajstić information content (AvgIpc) is 3.32. The Bertz CT molecular complexity index is 1220. The number of halogens is 1. The fourth-order valence-corrected chi connectivity index (χ4v) is 4.15. The van der Waals surface area contributed by atoms with E-state index in [1.54, 1.807) is 45.0 Å². The van der Waals surface area contributed by atoms with Gasteiger partial charge >= 0.3 is 11.9 Å². The molecule has 3 aromatic rings. The summed E-state index contributed by atoms with van der Waals surface area (Å²) in [6.45, 7) is 4.76. The molecule has 1 aromatic carbocycles. The number of hydrogen-bond donors (Lipinski definition) is 2. The number of nitrogen functional groups attached to an aromatic ring is 1. The van der Waals surface area contributed by atoms with Crippen LogP contribution in [0.1, 0.15) is 32.6 Å². The van der Waals surface area contributed by atoms with Crippen LogP contribution in [0.4, 0.5) is 5.82 Å². The zero-order valence-corrected chi connectivity index (χ0v) is 22.4. The molecular weight excluding hydrogens is 518 g/mol. The van der Waals surface area contributed by atoms with E-state index in [2.05, 4.69) is 15.0 Å². The van der Waals surface area contributed by atoms with E-state index in [0.29, 0.717) is 5.56 Å². The molecule has 12 nitrogen and oxygen atoms in total. The first-order valence-corrected chi connectivity index (χ1v) is 12.4. The van der Waals surface area contributed by atoms with E-state index in [4.69, 9.17) is 36.3 Å². The summed E-state index contributed by atoms with van der Waals surface area (Å²) in [4.78, 5) is 38.6. The smallest absolute Gasteiger partial charge is 0.350 e. The molecule has 2 aromatic heterocycles. The van der Waals surface area contributed by atoms with E-state index in [9.17, 15) is 14.7 Å². The third kappa shape index (κ3) is 6.21. The number of rotatable bonds is 13. The number of aromatic nitrogens is 4. The lowest BCUT2D eigenvalue weighted by Gasteiger charge is -2.33. The molecule has 0 spiro atoms. The molecule has 0 saturated heterocycles. The van der Waals surface area contributed by atoms with Crippen molar-refractivity contribution in [2.24, 2.45) is 5.92 Å². The molecule has 0 radical (unpaired) electrons. The number of carbonyl (C=O) groups is 2. The highest BCUT2D eigenvalue weighted by Crippen LogP contribution is 2.29. The molecule has 0 fully saturated rings. The number of aliphatic hydroxyl groups is 1. The Morgan fingerprint density at radius 3 is 2.34 bits per heavy atom. The van der Waals surface area contributed by atoms with Gasteiger partial charge < -0.3 is 29.8 Å². The highest BCUT2D eigenvalue weighted by atomic mass is 35.5. The molecule has 0 aliphatic carbocycles. The van der Waals surface area contributed by atoms with Crippen molar-refractivity contribution in [3.63, 3.8) is 0 Å². The van der Waals surface area contributed by atoms with E-state index in [0.717, 1.165) is 0 Å². The maximum atomic E-state index is 13.2. The van der Waals surface area contributed by atoms with Crippen molar-refractivity contribution in [1.82, 2.24) is 19.5 Å². The predicted octanol–water partition coefficient (Wildman–Crippen LogP) is 2.33. The molecule has 0 aliphatic heterocycles. The summed E-state index contributed by atoms with van der Waals surface area (Å²) in [6.07, 6.45) is -0.777. The molecule has 3 atom stereocenters. The maximum Gasteiger partial charge on any atom is 0.350 e. The number of carbonyl (C=O) groups excluding carboxylic acids is 2. The molecule has 206 valence electrons. The van der Waals surface area contributed by atoms with E-state index in [1.807, 2.05) is 6.07 Å². The predicted molar refractivity (Wildman–Crippen MR) is 138 cm³/mol. The molecular formula is C25H32ClN5O7. The van der Waals surface area contributed by atoms with Crippen LogP contribution in [0.15, 0.2) is 36.7 Å². The molecule has 0 saturated carbocycles. The first-order valence-electron chi connectivity index (χ1n) is 12.1. The second kappa shape index (κ2) is 13.0. The van der Waals surface area contributed by atoms with Gasteiger partial charge in [-0.3, -0.25) is 4.57 Å². The molecule has 3 N–H and O–H groups in total. The molecule has 0 bridgehead atoms. The molecule has 0 unspecified atom stereocenters. The van der Waals surface area contributed by atoms with Crippen LogP contribution >= 0.6 is 11.6 Å². The number of ether oxygens (including phenoxy) is 4. The van der Waals surface area contributed by atoms with Gasteiger partial charge in [0, 0.05) is 19.4 Å². The summed E-state index contributed by atoms with van der Waals surface area (Å²) < 4.78 is 23.5. The maximum absolute atomic E-state index is 13.2. The summed E-state index contributed by atoms with van der Waals surface area (Å²) in [5.41, 5.74) is 4.95. The molecule has 2 heterocycles. The van der Waals surface area contributed by atoms with Gasteiger partial charge in [-0.15, -0.1) is 0 Å². The van der Waals surface area contributed by atoms with Crippen molar-refractivity contribution < 1.29 is 33.6 Å². The third-order valence-corrected chi connectivity index (χ3v) is 6.23. The Balaban J connectivity index is 1.91. The Morgan fingerprint density at radius 1 is 1.13 bits per heavy atom. The highest BCUT2D eigenvalue weighted by molar-refractivity contribution is 6.28. The number of methoxy groups -OCH3 is 1. The lowest BCUT2D eigenvalue weighted by atomic mass is 9.93. The van der Waals surface area contributed by atoms with E-state index < -0.39 is 35.8 Å². The number of anilines is 1. The van der Waals surface area contributed by atoms with Gasteiger partial charge in [-0.1, -0.05) is 37.3 Å². The minimum atomic E-state index is -2.09. The van der Waals surface area contributed by atoms with Crippen molar-refractivity contribution >= 4 is 40.5 Å². The van der Waals surface area contributed by atoms with Gasteiger partial charge in [-0.25, -0.2) is 14.6 Å². The van der Waals surface area contributed by atoms with Crippen molar-refractivity contribution in [1.29, 1.82) is 0 Å². The first kappa shape index (κ1) is 29.2.